The predicted molar refractivity (Wildman–Crippen MR) is 58.5 cm³/mol. The van der Waals surface area contributed by atoms with Crippen LogP contribution >= 0.6 is 0 Å². The Morgan fingerprint density at radius 3 is 2.80 bits per heavy atom. The second kappa shape index (κ2) is 4.78. The fourth-order valence-electron chi connectivity index (χ4n) is 2.55. The van der Waals surface area contributed by atoms with Crippen LogP contribution in [0.1, 0.15) is 26.2 Å². The molecule has 2 atom stereocenters. The van der Waals surface area contributed by atoms with Crippen molar-refractivity contribution in [2.45, 2.75) is 38.1 Å². The summed E-state index contributed by atoms with van der Waals surface area (Å²) in [5.41, 5.74) is 5.53. The Balaban J connectivity index is 1.89. The van der Waals surface area contributed by atoms with Crippen LogP contribution in [0.25, 0.3) is 0 Å². The Labute approximate surface area is 91.5 Å². The first-order valence-corrected chi connectivity index (χ1v) is 5.97. The van der Waals surface area contributed by atoms with Gasteiger partial charge in [0, 0.05) is 5.92 Å². The Morgan fingerprint density at radius 1 is 1.40 bits per heavy atom. The zero-order valence-corrected chi connectivity index (χ0v) is 9.50. The Bertz CT molecular complexity index is 207. The fraction of sp³-hybridized carbons (Fsp3) is 1.00. The molecule has 0 amide bonds. The molecule has 2 rings (SSSR count). The van der Waals surface area contributed by atoms with E-state index in [-0.39, 0.29) is 11.9 Å². The molecule has 4 nitrogen and oxygen atoms in total. The van der Waals surface area contributed by atoms with E-state index in [2.05, 4.69) is 12.2 Å². The molecule has 2 aliphatic rings. The van der Waals surface area contributed by atoms with E-state index >= 15 is 0 Å². The van der Waals surface area contributed by atoms with Crippen molar-refractivity contribution in [3.05, 3.63) is 0 Å². The predicted octanol–water partition coefficient (Wildman–Crippen LogP) is 0.466. The molecule has 0 aliphatic carbocycles. The van der Waals surface area contributed by atoms with Crippen LogP contribution in [0.5, 0.6) is 0 Å². The van der Waals surface area contributed by atoms with Gasteiger partial charge in [-0.25, -0.2) is 0 Å². The summed E-state index contributed by atoms with van der Waals surface area (Å²) >= 11 is 0. The van der Waals surface area contributed by atoms with E-state index < -0.39 is 0 Å². The third-order valence-corrected chi connectivity index (χ3v) is 3.53. The van der Waals surface area contributed by atoms with Crippen molar-refractivity contribution in [3.8, 4) is 0 Å². The minimum atomic E-state index is -0.359. The lowest BCUT2D eigenvalue weighted by Crippen LogP contribution is -2.43. The maximum Gasteiger partial charge on any atom is 0.168 e. The lowest BCUT2D eigenvalue weighted by molar-refractivity contribution is -0.196. The number of hydrogen-bond acceptors (Lipinski definition) is 4. The van der Waals surface area contributed by atoms with Crippen molar-refractivity contribution in [2.24, 2.45) is 11.7 Å². The highest BCUT2D eigenvalue weighted by atomic mass is 16.7. The zero-order valence-electron chi connectivity index (χ0n) is 9.50. The molecular formula is C11H22N2O2. The average Bonchev–Trinajstić information content (AvgIpc) is 2.64. The van der Waals surface area contributed by atoms with Crippen LogP contribution in [0.2, 0.25) is 0 Å². The van der Waals surface area contributed by atoms with Crippen LogP contribution in [0.15, 0.2) is 0 Å². The van der Waals surface area contributed by atoms with Gasteiger partial charge >= 0.3 is 0 Å². The molecule has 0 aromatic carbocycles. The third-order valence-electron chi connectivity index (χ3n) is 3.53. The molecule has 0 bridgehead atoms. The standard InChI is InChI=1S/C11H22N2O2/c1-11(9-3-6-13-7-4-9)14-8-10(15-11)2-5-12/h9-10,13H,2-8,12H2,1H3. The van der Waals surface area contributed by atoms with Crippen LogP contribution < -0.4 is 11.1 Å². The fourth-order valence-corrected chi connectivity index (χ4v) is 2.55. The van der Waals surface area contributed by atoms with E-state index in [4.69, 9.17) is 15.2 Å². The van der Waals surface area contributed by atoms with Gasteiger partial charge < -0.3 is 20.5 Å². The molecule has 3 N–H and O–H groups in total. The van der Waals surface area contributed by atoms with E-state index in [1.807, 2.05) is 0 Å². The van der Waals surface area contributed by atoms with Crippen LogP contribution in [-0.2, 0) is 9.47 Å². The maximum absolute atomic E-state index is 6.00. The second-order valence-corrected chi connectivity index (χ2v) is 4.67. The first-order chi connectivity index (χ1) is 7.24. The lowest BCUT2D eigenvalue weighted by Gasteiger charge is -2.35. The minimum absolute atomic E-state index is 0.204. The van der Waals surface area contributed by atoms with E-state index in [0.29, 0.717) is 19.1 Å². The van der Waals surface area contributed by atoms with Crippen molar-refractivity contribution < 1.29 is 9.47 Å². The van der Waals surface area contributed by atoms with Gasteiger partial charge in [-0.1, -0.05) is 0 Å². The summed E-state index contributed by atoms with van der Waals surface area (Å²) in [5, 5.41) is 3.36. The molecule has 0 aromatic rings. The highest BCUT2D eigenvalue weighted by molar-refractivity contribution is 4.85. The average molecular weight is 214 g/mol. The van der Waals surface area contributed by atoms with Crippen LogP contribution in [0.3, 0.4) is 0 Å². The molecular weight excluding hydrogens is 192 g/mol. The normalized spacial score (nSPS) is 38.4. The molecule has 88 valence electrons. The van der Waals surface area contributed by atoms with Crippen LogP contribution in [0, 0.1) is 5.92 Å². The molecule has 0 saturated carbocycles. The van der Waals surface area contributed by atoms with Gasteiger partial charge in [0.2, 0.25) is 0 Å². The number of ether oxygens (including phenoxy) is 2. The third kappa shape index (κ3) is 2.50. The second-order valence-electron chi connectivity index (χ2n) is 4.67. The number of hydrogen-bond donors (Lipinski definition) is 2. The van der Waals surface area contributed by atoms with Crippen molar-refractivity contribution in [2.75, 3.05) is 26.2 Å². The van der Waals surface area contributed by atoms with Crippen molar-refractivity contribution in [3.63, 3.8) is 0 Å². The first-order valence-electron chi connectivity index (χ1n) is 5.97. The Hall–Kier alpha value is -0.160. The van der Waals surface area contributed by atoms with Crippen molar-refractivity contribution >= 4 is 0 Å². The summed E-state index contributed by atoms with van der Waals surface area (Å²) in [4.78, 5) is 0. The van der Waals surface area contributed by atoms with Crippen LogP contribution in [-0.4, -0.2) is 38.1 Å². The molecule has 2 fully saturated rings. The monoisotopic (exact) mass is 214 g/mol. The van der Waals surface area contributed by atoms with E-state index in [9.17, 15) is 0 Å². The van der Waals surface area contributed by atoms with Crippen LogP contribution in [0.4, 0.5) is 0 Å². The molecule has 2 unspecified atom stereocenters. The number of nitrogens with one attached hydrogen (secondary N) is 1. The topological polar surface area (TPSA) is 56.5 Å². The Kier molecular flexibility index (Phi) is 3.61. The van der Waals surface area contributed by atoms with Gasteiger partial charge in [0.1, 0.15) is 0 Å². The summed E-state index contributed by atoms with van der Waals surface area (Å²) in [6.45, 7) is 5.62. The summed E-state index contributed by atoms with van der Waals surface area (Å²) in [6.07, 6.45) is 3.40. The van der Waals surface area contributed by atoms with Gasteiger partial charge in [0.25, 0.3) is 0 Å². The highest BCUT2D eigenvalue weighted by Gasteiger charge is 2.43. The molecule has 15 heavy (non-hydrogen) atoms. The van der Waals surface area contributed by atoms with Gasteiger partial charge in [0.05, 0.1) is 12.7 Å². The number of nitrogens with two attached hydrogens (primary N) is 1. The number of piperidine rings is 1. The van der Waals surface area contributed by atoms with Gasteiger partial charge in [-0.2, -0.15) is 0 Å². The molecule has 4 heteroatoms. The molecule has 2 saturated heterocycles. The molecule has 0 spiro atoms. The zero-order chi connectivity index (χ0) is 10.7. The largest absolute Gasteiger partial charge is 0.347 e. The number of rotatable bonds is 3. The van der Waals surface area contributed by atoms with Crippen molar-refractivity contribution in [1.29, 1.82) is 0 Å². The summed E-state index contributed by atoms with van der Waals surface area (Å²) in [6, 6.07) is 0. The lowest BCUT2D eigenvalue weighted by atomic mass is 9.90. The summed E-state index contributed by atoms with van der Waals surface area (Å²) < 4.78 is 11.8. The van der Waals surface area contributed by atoms with E-state index in [0.717, 1.165) is 32.4 Å². The summed E-state index contributed by atoms with van der Waals surface area (Å²) in [5.74, 6) is 0.170. The first kappa shape index (κ1) is 11.3. The van der Waals surface area contributed by atoms with Crippen molar-refractivity contribution in [1.82, 2.24) is 5.32 Å². The van der Waals surface area contributed by atoms with Gasteiger partial charge in [0.15, 0.2) is 5.79 Å². The minimum Gasteiger partial charge on any atom is -0.347 e. The molecule has 0 aromatic heterocycles. The summed E-state index contributed by atoms with van der Waals surface area (Å²) in [7, 11) is 0. The van der Waals surface area contributed by atoms with Gasteiger partial charge in [-0.05, 0) is 45.8 Å². The Morgan fingerprint density at radius 2 is 2.13 bits per heavy atom. The molecule has 2 heterocycles. The maximum atomic E-state index is 6.00. The molecule has 0 radical (unpaired) electrons. The van der Waals surface area contributed by atoms with E-state index in [1.54, 1.807) is 0 Å². The quantitative estimate of drug-likeness (QED) is 0.717. The smallest absolute Gasteiger partial charge is 0.168 e. The highest BCUT2D eigenvalue weighted by Crippen LogP contribution is 2.36. The van der Waals surface area contributed by atoms with Gasteiger partial charge in [-0.3, -0.25) is 0 Å². The van der Waals surface area contributed by atoms with E-state index in [1.165, 1.54) is 0 Å². The molecule has 2 aliphatic heterocycles. The van der Waals surface area contributed by atoms with Gasteiger partial charge in [-0.15, -0.1) is 0 Å². The SMILES string of the molecule is CC1(C2CCNCC2)OCC(CCN)O1.